The van der Waals surface area contributed by atoms with Gasteiger partial charge in [0.1, 0.15) is 0 Å². The van der Waals surface area contributed by atoms with E-state index in [1.165, 1.54) is 16.8 Å². The Hall–Kier alpha value is -2.42. The van der Waals surface area contributed by atoms with Gasteiger partial charge in [-0.2, -0.15) is 4.31 Å². The fourth-order valence-corrected chi connectivity index (χ4v) is 5.31. The molecule has 0 radical (unpaired) electrons. The Morgan fingerprint density at radius 1 is 0.971 bits per heavy atom. The molecule has 35 heavy (non-hydrogen) atoms. The van der Waals surface area contributed by atoms with Crippen LogP contribution in [0.2, 0.25) is 5.02 Å². The molecule has 1 aliphatic heterocycles. The lowest BCUT2D eigenvalue weighted by atomic mass is 10.0. The van der Waals surface area contributed by atoms with E-state index in [1.54, 1.807) is 17.0 Å². The minimum Gasteiger partial charge on any atom is -0.355 e. The predicted octanol–water partition coefficient (Wildman–Crippen LogP) is 4.37. The molecule has 2 amide bonds. The Kier molecular flexibility index (Phi) is 10.7. The van der Waals surface area contributed by atoms with Crippen LogP contribution in [0.25, 0.3) is 0 Å². The first-order valence-electron chi connectivity index (χ1n) is 11.8. The summed E-state index contributed by atoms with van der Waals surface area (Å²) in [6, 6.07) is 13.0. The minimum atomic E-state index is -3.46. The number of carbonyl (C=O) groups is 2. The van der Waals surface area contributed by atoms with Gasteiger partial charge in [0.05, 0.1) is 4.90 Å². The number of hydrogen-bond acceptors (Lipinski definition) is 4. The van der Waals surface area contributed by atoms with E-state index >= 15 is 0 Å². The molecule has 0 atom stereocenters. The number of benzene rings is 2. The van der Waals surface area contributed by atoms with Gasteiger partial charge in [-0.15, -0.1) is 0 Å². The molecule has 2 aromatic rings. The standard InChI is InChI=1S/C15H22N2O3S.C11H14ClNO/c1-12(2)14-4-6-15(7-5-14)21(19,20)17-10-8-16(9-11-17)13(3)18;1-8(2)9-3-4-10(6-13-7-14)11(12)5-9/h4-7,12H,8-11H2,1-3H3;3-5,7-8H,6H2,1-2H3,(H,13,14). The summed E-state index contributed by atoms with van der Waals surface area (Å²) < 4.78 is 26.6. The van der Waals surface area contributed by atoms with Crippen LogP contribution in [-0.4, -0.2) is 56.1 Å². The summed E-state index contributed by atoms with van der Waals surface area (Å²) in [6.45, 7) is 12.0. The normalized spacial score (nSPS) is 14.5. The predicted molar refractivity (Wildman–Crippen MR) is 140 cm³/mol. The molecule has 1 aliphatic rings. The first-order valence-corrected chi connectivity index (χ1v) is 13.6. The van der Waals surface area contributed by atoms with E-state index in [2.05, 4.69) is 33.0 Å². The maximum absolute atomic E-state index is 12.6. The molecule has 1 fully saturated rings. The van der Waals surface area contributed by atoms with Crippen molar-refractivity contribution in [3.05, 3.63) is 64.2 Å². The molecule has 3 rings (SSSR count). The lowest BCUT2D eigenvalue weighted by Gasteiger charge is -2.33. The molecular formula is C26H36ClN3O4S. The monoisotopic (exact) mass is 521 g/mol. The second-order valence-corrected chi connectivity index (χ2v) is 11.5. The molecule has 0 aliphatic carbocycles. The Bertz CT molecular complexity index is 1090. The number of nitrogens with zero attached hydrogens (tertiary/aromatic N) is 2. The van der Waals surface area contributed by atoms with Crippen molar-refractivity contribution in [1.82, 2.24) is 14.5 Å². The highest BCUT2D eigenvalue weighted by Gasteiger charge is 2.29. The molecule has 1 heterocycles. The Balaban J connectivity index is 0.000000269. The van der Waals surface area contributed by atoms with Crippen molar-refractivity contribution in [2.75, 3.05) is 26.2 Å². The van der Waals surface area contributed by atoms with Gasteiger partial charge in [0.2, 0.25) is 22.3 Å². The first-order chi connectivity index (χ1) is 16.5. The smallest absolute Gasteiger partial charge is 0.243 e. The number of sulfonamides is 1. The zero-order valence-corrected chi connectivity index (χ0v) is 22.7. The van der Waals surface area contributed by atoms with Gasteiger partial charge in [0, 0.05) is 44.7 Å². The molecule has 0 unspecified atom stereocenters. The Morgan fingerprint density at radius 2 is 1.51 bits per heavy atom. The van der Waals surface area contributed by atoms with E-state index in [0.717, 1.165) is 11.1 Å². The highest BCUT2D eigenvalue weighted by Crippen LogP contribution is 2.23. The minimum absolute atomic E-state index is 0.00617. The molecule has 0 spiro atoms. The summed E-state index contributed by atoms with van der Waals surface area (Å²) in [6.07, 6.45) is 0.673. The second-order valence-electron chi connectivity index (χ2n) is 9.14. The SMILES string of the molecule is CC(=O)N1CCN(S(=O)(=O)c2ccc(C(C)C)cc2)CC1.CC(C)c1ccc(CNC=O)c(Cl)c1. The third-order valence-corrected chi connectivity index (χ3v) is 8.25. The number of halogens is 1. The van der Waals surface area contributed by atoms with Crippen molar-refractivity contribution in [3.8, 4) is 0 Å². The lowest BCUT2D eigenvalue weighted by Crippen LogP contribution is -2.49. The number of rotatable bonds is 7. The average molecular weight is 522 g/mol. The van der Waals surface area contributed by atoms with Gasteiger partial charge < -0.3 is 10.2 Å². The van der Waals surface area contributed by atoms with Crippen LogP contribution in [-0.2, 0) is 26.2 Å². The molecule has 1 N–H and O–H groups in total. The van der Waals surface area contributed by atoms with Gasteiger partial charge >= 0.3 is 0 Å². The largest absolute Gasteiger partial charge is 0.355 e. The van der Waals surface area contributed by atoms with Crippen molar-refractivity contribution in [2.45, 2.75) is 57.9 Å². The summed E-state index contributed by atoms with van der Waals surface area (Å²) >= 11 is 6.05. The zero-order valence-electron chi connectivity index (χ0n) is 21.1. The third kappa shape index (κ3) is 8.05. The molecule has 0 saturated carbocycles. The fourth-order valence-electron chi connectivity index (χ4n) is 3.63. The fraction of sp³-hybridized carbons (Fsp3) is 0.462. The van der Waals surface area contributed by atoms with E-state index in [4.69, 9.17) is 11.6 Å². The maximum atomic E-state index is 12.6. The van der Waals surface area contributed by atoms with Crippen LogP contribution >= 0.6 is 11.6 Å². The third-order valence-electron chi connectivity index (χ3n) is 5.99. The number of piperazine rings is 1. The Morgan fingerprint density at radius 3 is 1.97 bits per heavy atom. The van der Waals surface area contributed by atoms with Crippen molar-refractivity contribution in [1.29, 1.82) is 0 Å². The number of amides is 2. The summed E-state index contributed by atoms with van der Waals surface area (Å²) in [5, 5.41) is 3.30. The van der Waals surface area contributed by atoms with Crippen molar-refractivity contribution in [2.24, 2.45) is 0 Å². The molecule has 7 nitrogen and oxygen atoms in total. The van der Waals surface area contributed by atoms with E-state index in [0.29, 0.717) is 60.9 Å². The second kappa shape index (κ2) is 13.0. The lowest BCUT2D eigenvalue weighted by molar-refractivity contribution is -0.130. The van der Waals surface area contributed by atoms with Gasteiger partial charge in [-0.05, 0) is 46.7 Å². The van der Waals surface area contributed by atoms with Crippen LogP contribution in [0.1, 0.15) is 63.1 Å². The van der Waals surface area contributed by atoms with Crippen molar-refractivity contribution in [3.63, 3.8) is 0 Å². The summed E-state index contributed by atoms with van der Waals surface area (Å²) in [5.41, 5.74) is 3.28. The van der Waals surface area contributed by atoms with Crippen LogP contribution in [0, 0.1) is 0 Å². The maximum Gasteiger partial charge on any atom is 0.243 e. The van der Waals surface area contributed by atoms with Gasteiger partial charge in [0.15, 0.2) is 0 Å². The van der Waals surface area contributed by atoms with E-state index in [-0.39, 0.29) is 5.91 Å². The summed E-state index contributed by atoms with van der Waals surface area (Å²) in [4.78, 5) is 23.4. The molecule has 1 saturated heterocycles. The first kappa shape index (κ1) is 28.8. The van der Waals surface area contributed by atoms with E-state index in [9.17, 15) is 18.0 Å². The highest BCUT2D eigenvalue weighted by molar-refractivity contribution is 7.89. The quantitative estimate of drug-likeness (QED) is 0.548. The van der Waals surface area contributed by atoms with Crippen LogP contribution in [0.3, 0.4) is 0 Å². The van der Waals surface area contributed by atoms with Gasteiger partial charge in [-0.25, -0.2) is 8.42 Å². The molecule has 0 bridgehead atoms. The summed E-state index contributed by atoms with van der Waals surface area (Å²) in [7, 11) is -3.46. The van der Waals surface area contributed by atoms with E-state index in [1.807, 2.05) is 30.3 Å². The van der Waals surface area contributed by atoms with Gasteiger partial charge in [-0.1, -0.05) is 63.6 Å². The van der Waals surface area contributed by atoms with Gasteiger partial charge in [-0.3, -0.25) is 9.59 Å². The van der Waals surface area contributed by atoms with Crippen molar-refractivity contribution >= 4 is 33.9 Å². The molecule has 192 valence electrons. The average Bonchev–Trinajstić information content (AvgIpc) is 2.83. The Labute approximate surface area is 214 Å². The zero-order chi connectivity index (χ0) is 26.2. The van der Waals surface area contributed by atoms with Crippen LogP contribution in [0.15, 0.2) is 47.4 Å². The topological polar surface area (TPSA) is 86.8 Å². The van der Waals surface area contributed by atoms with Crippen LogP contribution in [0.4, 0.5) is 0 Å². The molecule has 9 heteroatoms. The highest BCUT2D eigenvalue weighted by atomic mass is 35.5. The van der Waals surface area contributed by atoms with Gasteiger partial charge in [0.25, 0.3) is 0 Å². The summed E-state index contributed by atoms with van der Waals surface area (Å²) in [5.74, 6) is 0.842. The van der Waals surface area contributed by atoms with Crippen molar-refractivity contribution < 1.29 is 18.0 Å². The number of carbonyl (C=O) groups excluding carboxylic acids is 2. The molecule has 0 aromatic heterocycles. The van der Waals surface area contributed by atoms with Crippen LogP contribution < -0.4 is 5.32 Å². The number of nitrogens with one attached hydrogen (secondary N) is 1. The number of hydrogen-bond donors (Lipinski definition) is 1. The van der Waals surface area contributed by atoms with Crippen LogP contribution in [0.5, 0.6) is 0 Å². The molecular weight excluding hydrogens is 486 g/mol. The van der Waals surface area contributed by atoms with E-state index < -0.39 is 10.0 Å². The molecule has 2 aromatic carbocycles.